The van der Waals surface area contributed by atoms with Crippen molar-refractivity contribution in [2.75, 3.05) is 5.75 Å². The minimum atomic E-state index is 0.459. The summed E-state index contributed by atoms with van der Waals surface area (Å²) >= 11 is 1.85. The molecule has 0 spiro atoms. The maximum Gasteiger partial charge on any atom is 0.149 e. The van der Waals surface area contributed by atoms with Crippen LogP contribution >= 0.6 is 11.8 Å². The van der Waals surface area contributed by atoms with Gasteiger partial charge in [0.25, 0.3) is 0 Å². The molecule has 0 saturated carbocycles. The largest absolute Gasteiger partial charge is 0.337 e. The maximum atomic E-state index is 9.96. The average molecular weight is 462 g/mol. The first-order chi connectivity index (χ1) is 16.7. The van der Waals surface area contributed by atoms with Gasteiger partial charge in [0, 0.05) is 22.2 Å². The van der Waals surface area contributed by atoms with E-state index in [2.05, 4.69) is 47.2 Å². The van der Waals surface area contributed by atoms with Crippen molar-refractivity contribution in [1.29, 1.82) is 5.26 Å². The minimum Gasteiger partial charge on any atom is -0.337 e. The van der Waals surface area contributed by atoms with Crippen LogP contribution in [0.2, 0.25) is 0 Å². The Morgan fingerprint density at radius 2 is 1.79 bits per heavy atom. The molecule has 0 amide bonds. The molecule has 0 radical (unpaired) electrons. The highest BCUT2D eigenvalue weighted by Crippen LogP contribution is 2.30. The van der Waals surface area contributed by atoms with Gasteiger partial charge in [-0.2, -0.15) is 10.4 Å². The molecule has 2 heterocycles. The SMILES string of the molecule is CCCSc1ccc(-c2nn(-c3ccccc3)cc2C=C(C#N)c2nc3ccccc3[nH]2)cc1. The quantitative estimate of drug-likeness (QED) is 0.210. The fraction of sp³-hybridized carbons (Fsp3) is 0.107. The van der Waals surface area contributed by atoms with Crippen molar-refractivity contribution in [3.8, 4) is 23.0 Å². The van der Waals surface area contributed by atoms with Gasteiger partial charge in [-0.1, -0.05) is 49.4 Å². The monoisotopic (exact) mass is 461 g/mol. The molecule has 0 atom stereocenters. The third-order valence-corrected chi connectivity index (χ3v) is 6.65. The molecule has 3 aromatic carbocycles. The van der Waals surface area contributed by atoms with Gasteiger partial charge in [0.15, 0.2) is 0 Å². The molecular weight excluding hydrogens is 438 g/mol. The highest BCUT2D eigenvalue weighted by atomic mass is 32.2. The van der Waals surface area contributed by atoms with Crippen LogP contribution in [0.15, 0.2) is 90.0 Å². The number of H-pyrrole nitrogens is 1. The number of hydrogen-bond donors (Lipinski definition) is 1. The molecular formula is C28H23N5S. The van der Waals surface area contributed by atoms with E-state index in [1.165, 1.54) is 4.90 Å². The molecule has 0 bridgehead atoms. The molecule has 166 valence electrons. The summed E-state index contributed by atoms with van der Waals surface area (Å²) in [5.74, 6) is 1.65. The van der Waals surface area contributed by atoms with E-state index >= 15 is 0 Å². The summed E-state index contributed by atoms with van der Waals surface area (Å²) in [6.07, 6.45) is 4.96. The van der Waals surface area contributed by atoms with Gasteiger partial charge in [-0.15, -0.1) is 11.8 Å². The van der Waals surface area contributed by atoms with Crippen LogP contribution in [-0.2, 0) is 0 Å². The molecule has 0 aliphatic carbocycles. The van der Waals surface area contributed by atoms with Crippen LogP contribution in [0.3, 0.4) is 0 Å². The van der Waals surface area contributed by atoms with E-state index in [0.29, 0.717) is 11.4 Å². The van der Waals surface area contributed by atoms with Crippen LogP contribution in [0.1, 0.15) is 24.7 Å². The lowest BCUT2D eigenvalue weighted by atomic mass is 10.1. The van der Waals surface area contributed by atoms with Gasteiger partial charge in [0.2, 0.25) is 0 Å². The standard InChI is InChI=1S/C28H23N5S/c1-2-16-34-24-14-12-20(13-15-24)27-22(19-33(32-27)23-8-4-3-5-9-23)17-21(18-29)28-30-25-10-6-7-11-26(25)31-28/h3-15,17,19H,2,16H2,1H3,(H,30,31). The number of rotatable bonds is 7. The van der Waals surface area contributed by atoms with Gasteiger partial charge < -0.3 is 4.98 Å². The van der Waals surface area contributed by atoms with Gasteiger partial charge in [-0.05, 0) is 54.6 Å². The van der Waals surface area contributed by atoms with E-state index in [0.717, 1.165) is 45.7 Å². The molecule has 0 fully saturated rings. The molecule has 1 N–H and O–H groups in total. The average Bonchev–Trinajstić information content (AvgIpc) is 3.51. The molecule has 0 aliphatic rings. The number of fused-ring (bicyclic) bond motifs is 1. The molecule has 2 aromatic heterocycles. The first-order valence-corrected chi connectivity index (χ1v) is 12.2. The van der Waals surface area contributed by atoms with Crippen LogP contribution in [0.25, 0.3) is 39.6 Å². The Kier molecular flexibility index (Phi) is 6.28. The molecule has 5 aromatic rings. The van der Waals surface area contributed by atoms with Crippen molar-refractivity contribution in [2.45, 2.75) is 18.2 Å². The van der Waals surface area contributed by atoms with Crippen LogP contribution in [0, 0.1) is 11.3 Å². The van der Waals surface area contributed by atoms with Crippen molar-refractivity contribution in [3.05, 3.63) is 96.4 Å². The molecule has 5 nitrogen and oxygen atoms in total. The van der Waals surface area contributed by atoms with Crippen LogP contribution < -0.4 is 0 Å². The van der Waals surface area contributed by atoms with Crippen LogP contribution in [-0.4, -0.2) is 25.5 Å². The first-order valence-electron chi connectivity index (χ1n) is 11.2. The fourth-order valence-corrected chi connectivity index (χ4v) is 4.52. The Bertz CT molecular complexity index is 1450. The summed E-state index contributed by atoms with van der Waals surface area (Å²) in [6, 6.07) is 28.5. The lowest BCUT2D eigenvalue weighted by Gasteiger charge is -2.03. The van der Waals surface area contributed by atoms with Gasteiger partial charge in [-0.3, -0.25) is 0 Å². The number of benzene rings is 3. The zero-order valence-corrected chi connectivity index (χ0v) is 19.6. The number of para-hydroxylation sites is 3. The van der Waals surface area contributed by atoms with Crippen molar-refractivity contribution in [3.63, 3.8) is 0 Å². The summed E-state index contributed by atoms with van der Waals surface area (Å²) in [5, 5.41) is 14.9. The summed E-state index contributed by atoms with van der Waals surface area (Å²) in [6.45, 7) is 2.19. The number of nitriles is 1. The van der Waals surface area contributed by atoms with Gasteiger partial charge in [0.05, 0.1) is 28.0 Å². The summed E-state index contributed by atoms with van der Waals surface area (Å²) in [4.78, 5) is 9.11. The Morgan fingerprint density at radius 1 is 1.03 bits per heavy atom. The zero-order valence-electron chi connectivity index (χ0n) is 18.8. The van der Waals surface area contributed by atoms with E-state index < -0.39 is 0 Å². The highest BCUT2D eigenvalue weighted by molar-refractivity contribution is 7.99. The lowest BCUT2D eigenvalue weighted by molar-refractivity contribution is 0.884. The van der Waals surface area contributed by atoms with Gasteiger partial charge >= 0.3 is 0 Å². The van der Waals surface area contributed by atoms with E-state index in [1.54, 1.807) is 0 Å². The summed E-state index contributed by atoms with van der Waals surface area (Å²) < 4.78 is 1.86. The second kappa shape index (κ2) is 9.82. The minimum absolute atomic E-state index is 0.459. The number of hydrogen-bond acceptors (Lipinski definition) is 4. The Morgan fingerprint density at radius 3 is 2.53 bits per heavy atom. The molecule has 0 unspecified atom stereocenters. The zero-order chi connectivity index (χ0) is 23.3. The van der Waals surface area contributed by atoms with Crippen LogP contribution in [0.5, 0.6) is 0 Å². The number of nitrogens with zero attached hydrogens (tertiary/aromatic N) is 4. The lowest BCUT2D eigenvalue weighted by Crippen LogP contribution is -1.94. The van der Waals surface area contributed by atoms with Crippen molar-refractivity contribution in [2.24, 2.45) is 0 Å². The fourth-order valence-electron chi connectivity index (χ4n) is 3.75. The number of nitrogens with one attached hydrogen (secondary N) is 1. The Labute approximate surface area is 202 Å². The third kappa shape index (κ3) is 4.52. The van der Waals surface area contributed by atoms with E-state index in [1.807, 2.05) is 83.3 Å². The topological polar surface area (TPSA) is 70.3 Å². The van der Waals surface area contributed by atoms with Crippen molar-refractivity contribution < 1.29 is 0 Å². The molecule has 6 heteroatoms. The number of allylic oxidation sites excluding steroid dienone is 1. The second-order valence-corrected chi connectivity index (χ2v) is 9.03. The van der Waals surface area contributed by atoms with E-state index in [4.69, 9.17) is 5.10 Å². The second-order valence-electron chi connectivity index (χ2n) is 7.86. The maximum absolute atomic E-state index is 9.96. The molecule has 5 rings (SSSR count). The van der Waals surface area contributed by atoms with E-state index in [9.17, 15) is 5.26 Å². The smallest absolute Gasteiger partial charge is 0.149 e. The normalized spacial score (nSPS) is 11.6. The third-order valence-electron chi connectivity index (χ3n) is 5.43. The van der Waals surface area contributed by atoms with Crippen molar-refractivity contribution in [1.82, 2.24) is 19.7 Å². The Balaban J connectivity index is 1.59. The Hall–Kier alpha value is -4.08. The molecule has 34 heavy (non-hydrogen) atoms. The number of thioether (sulfide) groups is 1. The highest BCUT2D eigenvalue weighted by Gasteiger charge is 2.14. The van der Waals surface area contributed by atoms with Crippen molar-refractivity contribution >= 4 is 34.4 Å². The summed E-state index contributed by atoms with van der Waals surface area (Å²) in [5.41, 5.74) is 5.83. The summed E-state index contributed by atoms with van der Waals surface area (Å²) in [7, 11) is 0. The first kappa shape index (κ1) is 21.7. The number of aromatic amines is 1. The predicted molar refractivity (Wildman–Crippen MR) is 140 cm³/mol. The van der Waals surface area contributed by atoms with E-state index in [-0.39, 0.29) is 0 Å². The van der Waals surface area contributed by atoms with Gasteiger partial charge in [-0.25, -0.2) is 9.67 Å². The van der Waals surface area contributed by atoms with Gasteiger partial charge in [0.1, 0.15) is 11.9 Å². The molecule has 0 saturated heterocycles. The number of imidazole rings is 1. The number of aromatic nitrogens is 4. The predicted octanol–water partition coefficient (Wildman–Crippen LogP) is 6.98. The van der Waals surface area contributed by atoms with Crippen LogP contribution in [0.4, 0.5) is 0 Å². The molecule has 0 aliphatic heterocycles.